The van der Waals surface area contributed by atoms with Crippen LogP contribution in [-0.4, -0.2) is 23.5 Å². The second-order valence-electron chi connectivity index (χ2n) is 7.42. The van der Waals surface area contributed by atoms with Gasteiger partial charge < -0.3 is 15.7 Å². The number of aliphatic hydroxyl groups is 1. The largest absolute Gasteiger partial charge is 0.387 e. The third-order valence-corrected chi connectivity index (χ3v) is 5.18. The summed E-state index contributed by atoms with van der Waals surface area (Å²) in [7, 11) is 0. The van der Waals surface area contributed by atoms with Gasteiger partial charge in [0.05, 0.1) is 6.10 Å². The summed E-state index contributed by atoms with van der Waals surface area (Å²) in [5.41, 5.74) is 5.60. The number of nitrogens with one attached hydrogen (secondary N) is 2. The number of anilines is 1. The molecule has 1 atom stereocenters. The lowest BCUT2D eigenvalue weighted by molar-refractivity contribution is 0.0916. The highest BCUT2D eigenvalue weighted by Gasteiger charge is 2.13. The van der Waals surface area contributed by atoms with Crippen LogP contribution < -0.4 is 10.6 Å². The van der Waals surface area contributed by atoms with Crippen LogP contribution in [-0.2, 0) is 0 Å². The zero-order valence-electron chi connectivity index (χ0n) is 17.4. The van der Waals surface area contributed by atoms with Gasteiger partial charge >= 0.3 is 0 Å². The lowest BCUT2D eigenvalue weighted by atomic mass is 10.0. The van der Waals surface area contributed by atoms with Gasteiger partial charge in [0, 0.05) is 23.4 Å². The highest BCUT2D eigenvalue weighted by atomic mass is 16.3. The van der Waals surface area contributed by atoms with Crippen molar-refractivity contribution >= 4 is 17.5 Å². The second kappa shape index (κ2) is 9.37. The van der Waals surface area contributed by atoms with Crippen molar-refractivity contribution in [3.8, 4) is 0 Å². The lowest BCUT2D eigenvalue weighted by Crippen LogP contribution is -2.28. The first kappa shape index (κ1) is 21.3. The van der Waals surface area contributed by atoms with Crippen LogP contribution in [0.3, 0.4) is 0 Å². The van der Waals surface area contributed by atoms with E-state index < -0.39 is 6.10 Å². The molecule has 0 heterocycles. The Balaban J connectivity index is 1.58. The van der Waals surface area contributed by atoms with Gasteiger partial charge in [-0.15, -0.1) is 0 Å². The molecule has 0 aliphatic carbocycles. The quantitative estimate of drug-likeness (QED) is 0.574. The predicted octanol–water partition coefficient (Wildman–Crippen LogP) is 4.33. The van der Waals surface area contributed by atoms with E-state index in [4.69, 9.17) is 0 Å². The number of hydrogen-bond acceptors (Lipinski definition) is 3. The first-order valence-corrected chi connectivity index (χ1v) is 9.85. The van der Waals surface area contributed by atoms with Crippen LogP contribution in [0.5, 0.6) is 0 Å². The van der Waals surface area contributed by atoms with E-state index in [-0.39, 0.29) is 18.4 Å². The molecule has 3 N–H and O–H groups in total. The molecule has 0 spiro atoms. The number of hydrogen-bond donors (Lipinski definition) is 3. The van der Waals surface area contributed by atoms with Crippen molar-refractivity contribution in [3.05, 3.63) is 100 Å². The predicted molar refractivity (Wildman–Crippen MR) is 119 cm³/mol. The van der Waals surface area contributed by atoms with Gasteiger partial charge in [0.1, 0.15) is 0 Å². The number of benzene rings is 3. The van der Waals surface area contributed by atoms with Gasteiger partial charge in [-0.1, -0.05) is 36.4 Å². The number of para-hydroxylation sites is 1. The van der Waals surface area contributed by atoms with E-state index in [0.717, 1.165) is 22.4 Å². The zero-order valence-corrected chi connectivity index (χ0v) is 17.4. The summed E-state index contributed by atoms with van der Waals surface area (Å²) in [6.07, 6.45) is -0.867. The monoisotopic (exact) mass is 402 g/mol. The standard InChI is InChI=1S/C25H26N2O3/c1-16-8-9-21(14-18(16)3)24(29)26-15-23(28)19-10-12-20(13-11-19)25(30)27-22-7-5-4-6-17(22)2/h4-14,23,28H,15H2,1-3H3,(H,26,29)(H,27,30). The lowest BCUT2D eigenvalue weighted by Gasteiger charge is -2.14. The Morgan fingerprint density at radius 2 is 1.47 bits per heavy atom. The van der Waals surface area contributed by atoms with Crippen LogP contribution in [0.25, 0.3) is 0 Å². The average Bonchev–Trinajstić information content (AvgIpc) is 2.75. The van der Waals surface area contributed by atoms with E-state index in [9.17, 15) is 14.7 Å². The van der Waals surface area contributed by atoms with Gasteiger partial charge in [-0.3, -0.25) is 9.59 Å². The maximum atomic E-state index is 12.4. The summed E-state index contributed by atoms with van der Waals surface area (Å²) in [6, 6.07) is 19.8. The molecule has 3 rings (SSSR count). The fourth-order valence-corrected chi connectivity index (χ4v) is 3.06. The van der Waals surface area contributed by atoms with Gasteiger partial charge in [0.2, 0.25) is 0 Å². The highest BCUT2D eigenvalue weighted by molar-refractivity contribution is 6.04. The smallest absolute Gasteiger partial charge is 0.255 e. The van der Waals surface area contributed by atoms with Crippen LogP contribution in [0.1, 0.15) is 49.1 Å². The third-order valence-electron chi connectivity index (χ3n) is 5.18. The zero-order chi connectivity index (χ0) is 21.7. The number of aryl methyl sites for hydroxylation is 3. The third kappa shape index (κ3) is 5.13. The van der Waals surface area contributed by atoms with Crippen molar-refractivity contribution in [2.75, 3.05) is 11.9 Å². The van der Waals surface area contributed by atoms with Gasteiger partial charge in [-0.2, -0.15) is 0 Å². The maximum absolute atomic E-state index is 12.4. The van der Waals surface area contributed by atoms with E-state index in [2.05, 4.69) is 10.6 Å². The summed E-state index contributed by atoms with van der Waals surface area (Å²) >= 11 is 0. The van der Waals surface area contributed by atoms with E-state index >= 15 is 0 Å². The number of amides is 2. The number of rotatable bonds is 6. The van der Waals surface area contributed by atoms with E-state index in [1.807, 2.05) is 57.2 Å². The van der Waals surface area contributed by atoms with Gasteiger partial charge in [-0.05, 0) is 73.4 Å². The van der Waals surface area contributed by atoms with Crippen molar-refractivity contribution in [1.82, 2.24) is 5.32 Å². The first-order valence-electron chi connectivity index (χ1n) is 9.85. The van der Waals surface area contributed by atoms with E-state index in [0.29, 0.717) is 16.7 Å². The molecule has 1 unspecified atom stereocenters. The van der Waals surface area contributed by atoms with Gasteiger partial charge in [0.15, 0.2) is 0 Å². The SMILES string of the molecule is Cc1ccc(C(=O)NCC(O)c2ccc(C(=O)Nc3ccccc3C)cc2)cc1C. The van der Waals surface area contributed by atoms with Crippen molar-refractivity contribution in [3.63, 3.8) is 0 Å². The second-order valence-corrected chi connectivity index (χ2v) is 7.42. The topological polar surface area (TPSA) is 78.4 Å². The van der Waals surface area contributed by atoms with Crippen LogP contribution in [0, 0.1) is 20.8 Å². The van der Waals surface area contributed by atoms with Crippen molar-refractivity contribution < 1.29 is 14.7 Å². The number of aliphatic hydroxyl groups excluding tert-OH is 1. The summed E-state index contributed by atoms with van der Waals surface area (Å²) < 4.78 is 0. The molecular formula is C25H26N2O3. The van der Waals surface area contributed by atoms with Gasteiger partial charge in [-0.25, -0.2) is 0 Å². The van der Waals surface area contributed by atoms with Crippen LogP contribution >= 0.6 is 0 Å². The minimum absolute atomic E-state index is 0.0838. The Kier molecular flexibility index (Phi) is 6.65. The number of carbonyl (C=O) groups is 2. The molecule has 0 saturated carbocycles. The Hall–Kier alpha value is -3.44. The normalized spacial score (nSPS) is 11.6. The van der Waals surface area contributed by atoms with Crippen molar-refractivity contribution in [2.24, 2.45) is 0 Å². The first-order chi connectivity index (χ1) is 14.3. The van der Waals surface area contributed by atoms with Gasteiger partial charge in [0.25, 0.3) is 11.8 Å². The molecule has 0 bridgehead atoms. The Labute approximate surface area is 176 Å². The molecule has 0 fully saturated rings. The van der Waals surface area contributed by atoms with E-state index in [1.54, 1.807) is 30.3 Å². The molecule has 3 aromatic rings. The average molecular weight is 402 g/mol. The van der Waals surface area contributed by atoms with Crippen molar-refractivity contribution in [1.29, 1.82) is 0 Å². The molecule has 30 heavy (non-hydrogen) atoms. The summed E-state index contributed by atoms with van der Waals surface area (Å²) in [4.78, 5) is 24.8. The Bertz CT molecular complexity index is 1060. The molecule has 154 valence electrons. The minimum atomic E-state index is -0.867. The summed E-state index contributed by atoms with van der Waals surface area (Å²) in [5.74, 6) is -0.445. The molecule has 0 radical (unpaired) electrons. The minimum Gasteiger partial charge on any atom is -0.387 e. The summed E-state index contributed by atoms with van der Waals surface area (Å²) in [6.45, 7) is 5.96. The van der Waals surface area contributed by atoms with E-state index in [1.165, 1.54) is 0 Å². The fraction of sp³-hybridized carbons (Fsp3) is 0.200. The molecule has 0 aromatic heterocycles. The molecule has 0 aliphatic heterocycles. The molecule has 0 aliphatic rings. The van der Waals surface area contributed by atoms with Crippen LogP contribution in [0.2, 0.25) is 0 Å². The Morgan fingerprint density at radius 3 is 2.13 bits per heavy atom. The molecule has 5 heteroatoms. The highest BCUT2D eigenvalue weighted by Crippen LogP contribution is 2.17. The number of carbonyl (C=O) groups excluding carboxylic acids is 2. The van der Waals surface area contributed by atoms with Crippen LogP contribution in [0.15, 0.2) is 66.7 Å². The maximum Gasteiger partial charge on any atom is 0.255 e. The van der Waals surface area contributed by atoms with Crippen molar-refractivity contribution in [2.45, 2.75) is 26.9 Å². The Morgan fingerprint density at radius 1 is 0.800 bits per heavy atom. The summed E-state index contributed by atoms with van der Waals surface area (Å²) in [5, 5.41) is 16.0. The molecule has 5 nitrogen and oxygen atoms in total. The fourth-order valence-electron chi connectivity index (χ4n) is 3.06. The molecular weight excluding hydrogens is 376 g/mol. The molecule has 2 amide bonds. The molecule has 3 aromatic carbocycles. The van der Waals surface area contributed by atoms with Crippen LogP contribution in [0.4, 0.5) is 5.69 Å². The molecule has 0 saturated heterocycles.